The van der Waals surface area contributed by atoms with E-state index < -0.39 is 5.92 Å². The van der Waals surface area contributed by atoms with Crippen molar-refractivity contribution in [3.63, 3.8) is 0 Å². The summed E-state index contributed by atoms with van der Waals surface area (Å²) in [4.78, 5) is 25.9. The minimum atomic E-state index is -0.561. The summed E-state index contributed by atoms with van der Waals surface area (Å²) in [7, 11) is 0. The van der Waals surface area contributed by atoms with E-state index in [-0.39, 0.29) is 18.1 Å². The van der Waals surface area contributed by atoms with Crippen LogP contribution in [0.1, 0.15) is 50.6 Å². The van der Waals surface area contributed by atoms with Crippen molar-refractivity contribution in [1.29, 1.82) is 0 Å². The molecule has 0 bridgehead atoms. The SMILES string of the molecule is Cc1ccc(C)c(C(=O)C2CC(=O)Nc3c2c(C)nn3-c2ccc(C)c(Cl)c2)c1. The molecule has 6 heteroatoms. The molecule has 1 aliphatic heterocycles. The lowest BCUT2D eigenvalue weighted by Gasteiger charge is -2.24. The van der Waals surface area contributed by atoms with Crippen molar-refractivity contribution in [2.45, 2.75) is 40.0 Å². The molecule has 1 N–H and O–H groups in total. The fraction of sp³-hybridized carbons (Fsp3) is 0.261. The normalized spacial score (nSPS) is 15.8. The predicted molar refractivity (Wildman–Crippen MR) is 114 cm³/mol. The van der Waals surface area contributed by atoms with Gasteiger partial charge in [0.1, 0.15) is 5.82 Å². The van der Waals surface area contributed by atoms with E-state index in [4.69, 9.17) is 11.6 Å². The molecule has 1 amide bonds. The van der Waals surface area contributed by atoms with Gasteiger partial charge in [0.2, 0.25) is 5.91 Å². The molecular formula is C23H22ClN3O2. The zero-order valence-electron chi connectivity index (χ0n) is 16.8. The molecule has 5 nitrogen and oxygen atoms in total. The number of aromatic nitrogens is 2. The standard InChI is InChI=1S/C23H22ClN3O2/c1-12-5-6-13(2)17(9-12)22(29)18-11-20(28)25-23-21(18)15(4)26-27(23)16-8-7-14(3)19(24)10-16/h5-10,18H,11H2,1-4H3,(H,25,28). The van der Waals surface area contributed by atoms with E-state index in [9.17, 15) is 9.59 Å². The smallest absolute Gasteiger partial charge is 0.226 e. The molecule has 148 valence electrons. The Hall–Kier alpha value is -2.92. The Morgan fingerprint density at radius 3 is 2.55 bits per heavy atom. The van der Waals surface area contributed by atoms with E-state index in [1.807, 2.05) is 64.1 Å². The monoisotopic (exact) mass is 407 g/mol. The highest BCUT2D eigenvalue weighted by Crippen LogP contribution is 2.39. The molecule has 0 spiro atoms. The summed E-state index contributed by atoms with van der Waals surface area (Å²) < 4.78 is 1.66. The first-order chi connectivity index (χ1) is 13.8. The van der Waals surface area contributed by atoms with Crippen molar-refractivity contribution in [3.05, 3.63) is 74.9 Å². The summed E-state index contributed by atoms with van der Waals surface area (Å²) in [5, 5.41) is 8.16. The van der Waals surface area contributed by atoms with Gasteiger partial charge in [-0.05, 0) is 57.0 Å². The molecule has 1 aliphatic rings. The topological polar surface area (TPSA) is 64.0 Å². The number of hydrogen-bond donors (Lipinski definition) is 1. The quantitative estimate of drug-likeness (QED) is 0.616. The second-order valence-electron chi connectivity index (χ2n) is 7.68. The van der Waals surface area contributed by atoms with Crippen LogP contribution >= 0.6 is 11.6 Å². The van der Waals surface area contributed by atoms with Crippen LogP contribution in [-0.2, 0) is 4.79 Å². The lowest BCUT2D eigenvalue weighted by molar-refractivity contribution is -0.116. The van der Waals surface area contributed by atoms with Crippen molar-refractivity contribution >= 4 is 29.1 Å². The fourth-order valence-corrected chi connectivity index (χ4v) is 4.04. The molecule has 0 radical (unpaired) electrons. The maximum atomic E-state index is 13.4. The lowest BCUT2D eigenvalue weighted by Crippen LogP contribution is -2.28. The molecular weight excluding hydrogens is 386 g/mol. The maximum Gasteiger partial charge on any atom is 0.226 e. The zero-order valence-corrected chi connectivity index (χ0v) is 17.6. The Bertz CT molecular complexity index is 1160. The molecule has 1 atom stereocenters. The largest absolute Gasteiger partial charge is 0.310 e. The van der Waals surface area contributed by atoms with Crippen LogP contribution in [-0.4, -0.2) is 21.5 Å². The van der Waals surface area contributed by atoms with E-state index in [1.165, 1.54) is 0 Å². The summed E-state index contributed by atoms with van der Waals surface area (Å²) in [6.07, 6.45) is 0.112. The van der Waals surface area contributed by atoms with Crippen LogP contribution < -0.4 is 5.32 Å². The number of anilines is 1. The number of halogens is 1. The Labute approximate surface area is 174 Å². The minimum absolute atomic E-state index is 0.0492. The van der Waals surface area contributed by atoms with Crippen LogP contribution in [0.3, 0.4) is 0 Å². The number of hydrogen-bond acceptors (Lipinski definition) is 3. The van der Waals surface area contributed by atoms with Crippen molar-refractivity contribution in [2.75, 3.05) is 5.32 Å². The van der Waals surface area contributed by atoms with Crippen molar-refractivity contribution in [3.8, 4) is 5.69 Å². The maximum absolute atomic E-state index is 13.4. The third-order valence-corrected chi connectivity index (χ3v) is 5.88. The third kappa shape index (κ3) is 3.36. The first-order valence-electron chi connectivity index (χ1n) is 9.53. The molecule has 1 aromatic heterocycles. The number of benzene rings is 2. The van der Waals surface area contributed by atoms with Gasteiger partial charge in [0.05, 0.1) is 17.3 Å². The van der Waals surface area contributed by atoms with Gasteiger partial charge >= 0.3 is 0 Å². The predicted octanol–water partition coefficient (Wildman–Crippen LogP) is 5.07. The molecule has 29 heavy (non-hydrogen) atoms. The van der Waals surface area contributed by atoms with Crippen LogP contribution in [0.4, 0.5) is 5.82 Å². The van der Waals surface area contributed by atoms with E-state index in [2.05, 4.69) is 10.4 Å². The highest BCUT2D eigenvalue weighted by molar-refractivity contribution is 6.31. The van der Waals surface area contributed by atoms with Crippen LogP contribution in [0.2, 0.25) is 5.02 Å². The van der Waals surface area contributed by atoms with Crippen molar-refractivity contribution in [1.82, 2.24) is 9.78 Å². The minimum Gasteiger partial charge on any atom is -0.310 e. The second-order valence-corrected chi connectivity index (χ2v) is 8.09. The number of carbonyl (C=O) groups excluding carboxylic acids is 2. The van der Waals surface area contributed by atoms with Crippen LogP contribution in [0.25, 0.3) is 5.69 Å². The zero-order chi connectivity index (χ0) is 20.9. The van der Waals surface area contributed by atoms with Gasteiger partial charge in [0, 0.05) is 22.6 Å². The Kier molecular flexibility index (Phi) is 4.79. The number of aryl methyl sites for hydroxylation is 4. The van der Waals surface area contributed by atoms with Crippen molar-refractivity contribution in [2.24, 2.45) is 0 Å². The first kappa shape index (κ1) is 19.4. The Morgan fingerprint density at radius 2 is 1.83 bits per heavy atom. The number of amides is 1. The number of nitrogens with one attached hydrogen (secondary N) is 1. The van der Waals surface area contributed by atoms with Gasteiger partial charge in [-0.1, -0.05) is 35.4 Å². The van der Waals surface area contributed by atoms with Crippen LogP contribution in [0.15, 0.2) is 36.4 Å². The molecule has 2 heterocycles. The number of Topliss-reactive ketones (excluding diaryl/α,β-unsaturated/α-hetero) is 1. The molecule has 1 unspecified atom stereocenters. The Balaban J connectivity index is 1.85. The van der Waals surface area contributed by atoms with E-state index in [0.29, 0.717) is 16.4 Å². The van der Waals surface area contributed by atoms with E-state index in [0.717, 1.165) is 33.6 Å². The average molecular weight is 408 g/mol. The third-order valence-electron chi connectivity index (χ3n) is 5.48. The number of carbonyl (C=O) groups is 2. The Morgan fingerprint density at radius 1 is 1.10 bits per heavy atom. The summed E-state index contributed by atoms with van der Waals surface area (Å²) >= 11 is 6.29. The average Bonchev–Trinajstić information content (AvgIpc) is 3.01. The van der Waals surface area contributed by atoms with Gasteiger partial charge < -0.3 is 5.32 Å². The second kappa shape index (κ2) is 7.16. The molecule has 0 saturated heterocycles. The molecule has 4 rings (SSSR count). The molecule has 0 fully saturated rings. The highest BCUT2D eigenvalue weighted by Gasteiger charge is 2.36. The van der Waals surface area contributed by atoms with Gasteiger partial charge in [-0.2, -0.15) is 5.10 Å². The molecule has 2 aromatic carbocycles. The number of nitrogens with zero attached hydrogens (tertiary/aromatic N) is 2. The number of rotatable bonds is 3. The summed E-state index contributed by atoms with van der Waals surface area (Å²) in [5.41, 5.74) is 5.77. The van der Waals surface area contributed by atoms with Gasteiger partial charge in [0.25, 0.3) is 0 Å². The van der Waals surface area contributed by atoms with Crippen LogP contribution in [0, 0.1) is 27.7 Å². The van der Waals surface area contributed by atoms with E-state index >= 15 is 0 Å². The van der Waals surface area contributed by atoms with Gasteiger partial charge in [0.15, 0.2) is 5.78 Å². The molecule has 3 aromatic rings. The summed E-state index contributed by atoms with van der Waals surface area (Å²) in [6.45, 7) is 7.67. The van der Waals surface area contributed by atoms with Gasteiger partial charge in [-0.25, -0.2) is 4.68 Å². The fourth-order valence-electron chi connectivity index (χ4n) is 3.86. The van der Waals surface area contributed by atoms with E-state index in [1.54, 1.807) is 4.68 Å². The lowest BCUT2D eigenvalue weighted by atomic mass is 9.84. The summed E-state index contributed by atoms with van der Waals surface area (Å²) in [6, 6.07) is 11.4. The van der Waals surface area contributed by atoms with Crippen LogP contribution in [0.5, 0.6) is 0 Å². The summed E-state index contributed by atoms with van der Waals surface area (Å²) in [5.74, 6) is -0.261. The molecule has 0 aliphatic carbocycles. The molecule has 0 saturated carbocycles. The number of ketones is 1. The van der Waals surface area contributed by atoms with Gasteiger partial charge in [-0.15, -0.1) is 0 Å². The number of fused-ring (bicyclic) bond motifs is 1. The highest BCUT2D eigenvalue weighted by atomic mass is 35.5. The first-order valence-corrected chi connectivity index (χ1v) is 9.91. The van der Waals surface area contributed by atoms with Crippen molar-refractivity contribution < 1.29 is 9.59 Å². The van der Waals surface area contributed by atoms with Gasteiger partial charge in [-0.3, -0.25) is 9.59 Å².